The smallest absolute Gasteiger partial charge is 0.262 e. The van der Waals surface area contributed by atoms with E-state index in [4.69, 9.17) is 9.47 Å². The van der Waals surface area contributed by atoms with Gasteiger partial charge in [0.25, 0.3) is 5.91 Å². The average Bonchev–Trinajstić information content (AvgIpc) is 2.46. The minimum atomic E-state index is -0.378. The van der Waals surface area contributed by atoms with Crippen LogP contribution in [0.3, 0.4) is 0 Å². The van der Waals surface area contributed by atoms with Crippen LogP contribution in [-0.4, -0.2) is 31.0 Å². The Balaban J connectivity index is 1.89. The van der Waals surface area contributed by atoms with Crippen LogP contribution in [-0.2, 0) is 9.53 Å². The van der Waals surface area contributed by atoms with Gasteiger partial charge in [0.2, 0.25) is 0 Å². The van der Waals surface area contributed by atoms with E-state index >= 15 is 0 Å². The highest BCUT2D eigenvalue weighted by atomic mass is 79.9. The van der Waals surface area contributed by atoms with Crippen molar-refractivity contribution in [2.24, 2.45) is 0 Å². The van der Waals surface area contributed by atoms with Crippen molar-refractivity contribution in [3.8, 4) is 5.75 Å². The second kappa shape index (κ2) is 5.54. The average molecular weight is 340 g/mol. The van der Waals surface area contributed by atoms with Crippen LogP contribution in [0.4, 0.5) is 5.69 Å². The molecule has 2 heterocycles. The number of hydrogen-bond acceptors (Lipinski definition) is 4. The molecular weight excluding hydrogens is 326 g/mol. The highest BCUT2D eigenvalue weighted by Crippen LogP contribution is 2.35. The van der Waals surface area contributed by atoms with Crippen LogP contribution in [0.15, 0.2) is 16.6 Å². The topological polar surface area (TPSA) is 64.6 Å². The zero-order chi connectivity index (χ0) is 14.1. The van der Waals surface area contributed by atoms with Gasteiger partial charge in [-0.3, -0.25) is 9.59 Å². The molecular formula is C14H14BrNO4. The Morgan fingerprint density at radius 3 is 2.95 bits per heavy atom. The van der Waals surface area contributed by atoms with Crippen LogP contribution >= 0.6 is 15.9 Å². The van der Waals surface area contributed by atoms with Gasteiger partial charge in [0, 0.05) is 16.6 Å². The zero-order valence-corrected chi connectivity index (χ0v) is 12.4. The van der Waals surface area contributed by atoms with Crippen LogP contribution in [0.2, 0.25) is 0 Å². The molecule has 1 aromatic carbocycles. The summed E-state index contributed by atoms with van der Waals surface area (Å²) in [6.07, 6.45) is 2.38. The third-order valence-corrected chi connectivity index (χ3v) is 4.10. The van der Waals surface area contributed by atoms with Crippen molar-refractivity contribution >= 4 is 33.3 Å². The SMILES string of the molecule is O=C1COc2cc(C(=O)C3CCCCO3)c(Br)cc2N1. The number of rotatable bonds is 2. The van der Waals surface area contributed by atoms with Gasteiger partial charge >= 0.3 is 0 Å². The van der Waals surface area contributed by atoms with E-state index in [0.29, 0.717) is 28.1 Å². The molecule has 1 aromatic rings. The Hall–Kier alpha value is -1.40. The molecule has 106 valence electrons. The summed E-state index contributed by atoms with van der Waals surface area (Å²) in [5.74, 6) is 0.283. The summed E-state index contributed by atoms with van der Waals surface area (Å²) in [5.41, 5.74) is 1.11. The number of fused-ring (bicyclic) bond motifs is 1. The highest BCUT2D eigenvalue weighted by molar-refractivity contribution is 9.10. The van der Waals surface area contributed by atoms with E-state index < -0.39 is 0 Å². The molecule has 0 aromatic heterocycles. The van der Waals surface area contributed by atoms with E-state index in [2.05, 4.69) is 21.2 Å². The first kappa shape index (κ1) is 13.6. The molecule has 1 amide bonds. The molecule has 1 N–H and O–H groups in total. The standard InChI is InChI=1S/C14H14BrNO4/c15-9-6-10-12(20-7-13(17)16-10)5-8(9)14(18)11-3-1-2-4-19-11/h5-6,11H,1-4,7H2,(H,16,17). The van der Waals surface area contributed by atoms with Crippen LogP contribution in [0.25, 0.3) is 0 Å². The number of hydrogen-bond donors (Lipinski definition) is 1. The molecule has 5 nitrogen and oxygen atoms in total. The summed E-state index contributed by atoms with van der Waals surface area (Å²) in [4.78, 5) is 23.7. The lowest BCUT2D eigenvalue weighted by Crippen LogP contribution is -2.29. The fraction of sp³-hybridized carbons (Fsp3) is 0.429. The lowest BCUT2D eigenvalue weighted by Gasteiger charge is -2.23. The van der Waals surface area contributed by atoms with Gasteiger partial charge in [-0.15, -0.1) is 0 Å². The van der Waals surface area contributed by atoms with Crippen molar-refractivity contribution < 1.29 is 19.1 Å². The number of Topliss-reactive ketones (excluding diaryl/α,β-unsaturated/α-hetero) is 1. The fourth-order valence-corrected chi connectivity index (χ4v) is 2.95. The Labute approximate surface area is 124 Å². The molecule has 0 saturated carbocycles. The van der Waals surface area contributed by atoms with E-state index in [1.807, 2.05) is 0 Å². The monoisotopic (exact) mass is 339 g/mol. The van der Waals surface area contributed by atoms with Crippen LogP contribution in [0.1, 0.15) is 29.6 Å². The lowest BCUT2D eigenvalue weighted by atomic mass is 9.99. The van der Waals surface area contributed by atoms with E-state index in [1.165, 1.54) is 0 Å². The van der Waals surface area contributed by atoms with Crippen molar-refractivity contribution in [2.75, 3.05) is 18.5 Å². The number of amides is 1. The Morgan fingerprint density at radius 2 is 2.20 bits per heavy atom. The van der Waals surface area contributed by atoms with Gasteiger partial charge in [0.1, 0.15) is 11.9 Å². The summed E-state index contributed by atoms with van der Waals surface area (Å²) in [6.45, 7) is 0.605. The second-order valence-corrected chi connectivity index (χ2v) is 5.74. The van der Waals surface area contributed by atoms with Crippen molar-refractivity contribution in [3.63, 3.8) is 0 Å². The molecule has 1 fully saturated rings. The molecule has 1 unspecified atom stereocenters. The number of carbonyl (C=O) groups excluding carboxylic acids is 2. The first-order valence-electron chi connectivity index (χ1n) is 6.57. The quantitative estimate of drug-likeness (QED) is 0.841. The number of benzene rings is 1. The summed E-state index contributed by atoms with van der Waals surface area (Å²) >= 11 is 3.38. The Kier molecular flexibility index (Phi) is 3.76. The van der Waals surface area contributed by atoms with E-state index in [0.717, 1.165) is 19.3 Å². The predicted octanol–water partition coefficient (Wildman–Crippen LogP) is 2.53. The molecule has 0 bridgehead atoms. The molecule has 0 aliphatic carbocycles. The van der Waals surface area contributed by atoms with E-state index in [9.17, 15) is 9.59 Å². The maximum absolute atomic E-state index is 12.5. The molecule has 2 aliphatic heterocycles. The maximum Gasteiger partial charge on any atom is 0.262 e. The number of halogens is 1. The normalized spacial score (nSPS) is 21.6. The molecule has 20 heavy (non-hydrogen) atoms. The zero-order valence-electron chi connectivity index (χ0n) is 10.8. The number of anilines is 1. The maximum atomic E-state index is 12.5. The third kappa shape index (κ3) is 2.58. The van der Waals surface area contributed by atoms with Crippen molar-refractivity contribution in [1.29, 1.82) is 0 Å². The first-order valence-corrected chi connectivity index (χ1v) is 7.36. The molecule has 0 radical (unpaired) electrons. The molecule has 1 atom stereocenters. The highest BCUT2D eigenvalue weighted by Gasteiger charge is 2.27. The Bertz CT molecular complexity index is 567. The van der Waals surface area contributed by atoms with Crippen molar-refractivity contribution in [3.05, 3.63) is 22.2 Å². The van der Waals surface area contributed by atoms with Crippen LogP contribution in [0.5, 0.6) is 5.75 Å². The molecule has 3 rings (SSSR count). The van der Waals surface area contributed by atoms with Crippen LogP contribution in [0, 0.1) is 0 Å². The predicted molar refractivity (Wildman–Crippen MR) is 76.2 cm³/mol. The fourth-order valence-electron chi connectivity index (χ4n) is 2.41. The largest absolute Gasteiger partial charge is 0.482 e. The molecule has 0 spiro atoms. The summed E-state index contributed by atoms with van der Waals surface area (Å²) in [6, 6.07) is 3.36. The third-order valence-electron chi connectivity index (χ3n) is 3.44. The summed E-state index contributed by atoms with van der Waals surface area (Å²) in [7, 11) is 0. The summed E-state index contributed by atoms with van der Waals surface area (Å²) < 4.78 is 11.5. The van der Waals surface area contributed by atoms with E-state index in [1.54, 1.807) is 12.1 Å². The van der Waals surface area contributed by atoms with Gasteiger partial charge in [0.15, 0.2) is 12.4 Å². The van der Waals surface area contributed by atoms with Gasteiger partial charge in [0.05, 0.1) is 5.69 Å². The van der Waals surface area contributed by atoms with Gasteiger partial charge < -0.3 is 14.8 Å². The number of ketones is 1. The van der Waals surface area contributed by atoms with E-state index in [-0.39, 0.29) is 24.4 Å². The number of nitrogens with one attached hydrogen (secondary N) is 1. The number of ether oxygens (including phenoxy) is 2. The second-order valence-electron chi connectivity index (χ2n) is 4.88. The molecule has 2 aliphatic rings. The minimum Gasteiger partial charge on any atom is -0.482 e. The lowest BCUT2D eigenvalue weighted by molar-refractivity contribution is -0.118. The van der Waals surface area contributed by atoms with Crippen molar-refractivity contribution in [2.45, 2.75) is 25.4 Å². The van der Waals surface area contributed by atoms with Gasteiger partial charge in [-0.05, 0) is 47.3 Å². The summed E-state index contributed by atoms with van der Waals surface area (Å²) in [5, 5.41) is 2.71. The minimum absolute atomic E-state index is 0.0256. The van der Waals surface area contributed by atoms with Gasteiger partial charge in [-0.2, -0.15) is 0 Å². The van der Waals surface area contributed by atoms with Crippen LogP contribution < -0.4 is 10.1 Å². The molecule has 1 saturated heterocycles. The molecule has 6 heteroatoms. The first-order chi connectivity index (χ1) is 9.65. The Morgan fingerprint density at radius 1 is 1.35 bits per heavy atom. The van der Waals surface area contributed by atoms with Gasteiger partial charge in [-0.1, -0.05) is 0 Å². The van der Waals surface area contributed by atoms with Crippen molar-refractivity contribution in [1.82, 2.24) is 0 Å². The number of carbonyl (C=O) groups is 2. The van der Waals surface area contributed by atoms with Gasteiger partial charge in [-0.25, -0.2) is 0 Å².